The SMILES string of the molecule is CNCc1ccc(F)c(CN2CCOCC2(C)C)c1. The molecular weight excluding hydrogens is 243 g/mol. The molecule has 0 aromatic heterocycles. The van der Waals surface area contributed by atoms with E-state index in [1.54, 1.807) is 6.07 Å². The maximum atomic E-state index is 13.9. The molecule has 0 atom stereocenters. The topological polar surface area (TPSA) is 24.5 Å². The molecule has 0 saturated carbocycles. The number of rotatable bonds is 4. The van der Waals surface area contributed by atoms with Crippen molar-refractivity contribution in [3.05, 3.63) is 35.1 Å². The normalized spacial score (nSPS) is 19.6. The smallest absolute Gasteiger partial charge is 0.127 e. The van der Waals surface area contributed by atoms with Crippen LogP contribution in [0, 0.1) is 5.82 Å². The molecule has 0 radical (unpaired) electrons. The van der Waals surface area contributed by atoms with E-state index in [-0.39, 0.29) is 11.4 Å². The molecule has 2 rings (SSSR count). The summed E-state index contributed by atoms with van der Waals surface area (Å²) < 4.78 is 19.4. The lowest BCUT2D eigenvalue weighted by molar-refractivity contribution is -0.0556. The van der Waals surface area contributed by atoms with Gasteiger partial charge in [0.05, 0.1) is 13.2 Å². The Hall–Kier alpha value is -0.970. The minimum absolute atomic E-state index is 0.0380. The molecule has 4 heteroatoms. The van der Waals surface area contributed by atoms with Crippen LogP contribution in [0.1, 0.15) is 25.0 Å². The summed E-state index contributed by atoms with van der Waals surface area (Å²) in [6, 6.07) is 5.35. The summed E-state index contributed by atoms with van der Waals surface area (Å²) >= 11 is 0. The zero-order chi connectivity index (χ0) is 13.9. The average molecular weight is 266 g/mol. The molecule has 0 unspecified atom stereocenters. The first-order valence-electron chi connectivity index (χ1n) is 6.77. The molecule has 1 N–H and O–H groups in total. The predicted molar refractivity (Wildman–Crippen MR) is 74.5 cm³/mol. The molecule has 1 saturated heterocycles. The second-order valence-corrected chi connectivity index (χ2v) is 5.74. The third-order valence-corrected chi connectivity index (χ3v) is 3.67. The number of benzene rings is 1. The van der Waals surface area contributed by atoms with Crippen LogP contribution in [-0.2, 0) is 17.8 Å². The van der Waals surface area contributed by atoms with Gasteiger partial charge in [0.2, 0.25) is 0 Å². The van der Waals surface area contributed by atoms with Gasteiger partial charge in [0.15, 0.2) is 0 Å². The quantitative estimate of drug-likeness (QED) is 0.904. The molecule has 1 aliphatic heterocycles. The lowest BCUT2D eigenvalue weighted by atomic mass is 10.0. The van der Waals surface area contributed by atoms with E-state index in [9.17, 15) is 4.39 Å². The van der Waals surface area contributed by atoms with Gasteiger partial charge in [-0.2, -0.15) is 0 Å². The van der Waals surface area contributed by atoms with Gasteiger partial charge in [0.25, 0.3) is 0 Å². The van der Waals surface area contributed by atoms with E-state index in [1.807, 2.05) is 19.2 Å². The Morgan fingerprint density at radius 3 is 2.89 bits per heavy atom. The van der Waals surface area contributed by atoms with Gasteiger partial charge in [-0.3, -0.25) is 4.90 Å². The molecule has 106 valence electrons. The molecule has 1 aromatic carbocycles. The van der Waals surface area contributed by atoms with Crippen molar-refractivity contribution in [3.8, 4) is 0 Å². The van der Waals surface area contributed by atoms with Crippen molar-refractivity contribution in [2.24, 2.45) is 0 Å². The number of hydrogen-bond acceptors (Lipinski definition) is 3. The van der Waals surface area contributed by atoms with E-state index < -0.39 is 0 Å². The molecule has 0 amide bonds. The van der Waals surface area contributed by atoms with Crippen LogP contribution in [0.3, 0.4) is 0 Å². The Bertz CT molecular complexity index is 434. The number of nitrogens with zero attached hydrogens (tertiary/aromatic N) is 1. The maximum absolute atomic E-state index is 13.9. The van der Waals surface area contributed by atoms with Gasteiger partial charge in [-0.15, -0.1) is 0 Å². The van der Waals surface area contributed by atoms with Crippen molar-refractivity contribution in [3.63, 3.8) is 0 Å². The lowest BCUT2D eigenvalue weighted by Gasteiger charge is -2.42. The molecule has 19 heavy (non-hydrogen) atoms. The fraction of sp³-hybridized carbons (Fsp3) is 0.600. The Morgan fingerprint density at radius 2 is 2.21 bits per heavy atom. The molecule has 1 fully saturated rings. The fourth-order valence-corrected chi connectivity index (χ4v) is 2.45. The van der Waals surface area contributed by atoms with Gasteiger partial charge in [-0.25, -0.2) is 4.39 Å². The van der Waals surface area contributed by atoms with E-state index in [0.29, 0.717) is 13.2 Å². The van der Waals surface area contributed by atoms with Gasteiger partial charge >= 0.3 is 0 Å². The Kier molecular flexibility index (Phi) is 4.55. The van der Waals surface area contributed by atoms with E-state index in [4.69, 9.17) is 4.74 Å². The van der Waals surface area contributed by atoms with Crippen molar-refractivity contribution in [1.82, 2.24) is 10.2 Å². The number of nitrogens with one attached hydrogen (secondary N) is 1. The van der Waals surface area contributed by atoms with Crippen molar-refractivity contribution in [2.45, 2.75) is 32.5 Å². The highest BCUT2D eigenvalue weighted by molar-refractivity contribution is 5.25. The van der Waals surface area contributed by atoms with Crippen LogP contribution in [-0.4, -0.2) is 37.2 Å². The first-order chi connectivity index (χ1) is 9.03. The number of morpholine rings is 1. The second-order valence-electron chi connectivity index (χ2n) is 5.74. The molecule has 1 aliphatic rings. The molecule has 3 nitrogen and oxygen atoms in total. The van der Waals surface area contributed by atoms with E-state index >= 15 is 0 Å². The Morgan fingerprint density at radius 1 is 1.42 bits per heavy atom. The highest BCUT2D eigenvalue weighted by Crippen LogP contribution is 2.23. The van der Waals surface area contributed by atoms with E-state index in [2.05, 4.69) is 24.1 Å². The Balaban J connectivity index is 2.15. The predicted octanol–water partition coefficient (Wildman–Crippen LogP) is 2.16. The van der Waals surface area contributed by atoms with Crippen LogP contribution >= 0.6 is 0 Å². The van der Waals surface area contributed by atoms with Crippen LogP contribution in [0.25, 0.3) is 0 Å². The summed E-state index contributed by atoms with van der Waals surface area (Å²) in [5.74, 6) is -0.123. The van der Waals surface area contributed by atoms with Crippen molar-refractivity contribution in [1.29, 1.82) is 0 Å². The van der Waals surface area contributed by atoms with Crippen LogP contribution in [0.2, 0.25) is 0 Å². The molecule has 1 heterocycles. The first-order valence-corrected chi connectivity index (χ1v) is 6.77. The van der Waals surface area contributed by atoms with E-state index in [0.717, 1.165) is 30.8 Å². The van der Waals surface area contributed by atoms with Gasteiger partial charge in [-0.05, 0) is 32.5 Å². The zero-order valence-corrected chi connectivity index (χ0v) is 12.0. The van der Waals surface area contributed by atoms with Gasteiger partial charge in [0, 0.05) is 30.7 Å². The summed E-state index contributed by atoms with van der Waals surface area (Å²) in [7, 11) is 1.90. The molecule has 0 bridgehead atoms. The monoisotopic (exact) mass is 266 g/mol. The minimum Gasteiger partial charge on any atom is -0.378 e. The van der Waals surface area contributed by atoms with Crippen molar-refractivity contribution < 1.29 is 9.13 Å². The third-order valence-electron chi connectivity index (χ3n) is 3.67. The van der Waals surface area contributed by atoms with Crippen LogP contribution < -0.4 is 5.32 Å². The van der Waals surface area contributed by atoms with Crippen LogP contribution in [0.15, 0.2) is 18.2 Å². The largest absolute Gasteiger partial charge is 0.378 e. The molecule has 1 aromatic rings. The second kappa shape index (κ2) is 5.99. The molecule has 0 aliphatic carbocycles. The summed E-state index contributed by atoms with van der Waals surface area (Å²) in [6.07, 6.45) is 0. The van der Waals surface area contributed by atoms with Crippen molar-refractivity contribution in [2.75, 3.05) is 26.8 Å². The third kappa shape index (κ3) is 3.53. The fourth-order valence-electron chi connectivity index (χ4n) is 2.45. The van der Waals surface area contributed by atoms with Crippen LogP contribution in [0.4, 0.5) is 4.39 Å². The molecule has 0 spiro atoms. The summed E-state index contributed by atoms with van der Waals surface area (Å²) in [5.41, 5.74) is 1.84. The maximum Gasteiger partial charge on any atom is 0.127 e. The zero-order valence-electron chi connectivity index (χ0n) is 12.0. The Labute approximate surface area is 114 Å². The van der Waals surface area contributed by atoms with Gasteiger partial charge < -0.3 is 10.1 Å². The van der Waals surface area contributed by atoms with Gasteiger partial charge in [0.1, 0.15) is 5.82 Å². The van der Waals surface area contributed by atoms with E-state index in [1.165, 1.54) is 0 Å². The minimum atomic E-state index is -0.123. The summed E-state index contributed by atoms with van der Waals surface area (Å²) in [4.78, 5) is 2.29. The number of ether oxygens (including phenoxy) is 1. The summed E-state index contributed by atoms with van der Waals surface area (Å²) in [6.45, 7) is 7.96. The summed E-state index contributed by atoms with van der Waals surface area (Å²) in [5, 5.41) is 3.09. The van der Waals surface area contributed by atoms with Crippen molar-refractivity contribution >= 4 is 0 Å². The first kappa shape index (κ1) is 14.4. The molecular formula is C15H23FN2O. The number of halogens is 1. The standard InChI is InChI=1S/C15H23FN2O/c1-15(2)11-19-7-6-18(15)10-13-8-12(9-17-3)4-5-14(13)16/h4-5,8,17H,6-7,9-11H2,1-3H3. The highest BCUT2D eigenvalue weighted by Gasteiger charge is 2.30. The highest BCUT2D eigenvalue weighted by atomic mass is 19.1. The lowest BCUT2D eigenvalue weighted by Crippen LogP contribution is -2.52. The average Bonchev–Trinajstić information content (AvgIpc) is 2.36. The van der Waals surface area contributed by atoms with Gasteiger partial charge in [-0.1, -0.05) is 12.1 Å². The van der Waals surface area contributed by atoms with Crippen LogP contribution in [0.5, 0.6) is 0 Å². The number of hydrogen-bond donors (Lipinski definition) is 1.